The molecule has 0 N–H and O–H groups in total. The van der Waals surface area contributed by atoms with E-state index in [2.05, 4.69) is 42.3 Å². The SMILES string of the molecule is CN(C)C#CC1=Cc2ccccc2C1. The molecule has 1 aliphatic carbocycles. The molecule has 0 radical (unpaired) electrons. The van der Waals surface area contributed by atoms with Gasteiger partial charge >= 0.3 is 0 Å². The number of nitrogens with zero attached hydrogens (tertiary/aromatic N) is 1. The monoisotopic (exact) mass is 183 g/mol. The summed E-state index contributed by atoms with van der Waals surface area (Å²) >= 11 is 0. The van der Waals surface area contributed by atoms with Crippen molar-refractivity contribution in [2.75, 3.05) is 14.1 Å². The summed E-state index contributed by atoms with van der Waals surface area (Å²) in [6.07, 6.45) is 3.16. The topological polar surface area (TPSA) is 3.24 Å². The van der Waals surface area contributed by atoms with E-state index in [4.69, 9.17) is 0 Å². The summed E-state index contributed by atoms with van der Waals surface area (Å²) in [6, 6.07) is 11.5. The first-order valence-electron chi connectivity index (χ1n) is 4.73. The van der Waals surface area contributed by atoms with Gasteiger partial charge in [0.05, 0.1) is 0 Å². The zero-order valence-corrected chi connectivity index (χ0v) is 8.54. The molecule has 0 spiro atoms. The van der Waals surface area contributed by atoms with Gasteiger partial charge in [0.25, 0.3) is 0 Å². The highest BCUT2D eigenvalue weighted by molar-refractivity contribution is 5.67. The molecule has 14 heavy (non-hydrogen) atoms. The number of hydrogen-bond acceptors (Lipinski definition) is 1. The van der Waals surface area contributed by atoms with Gasteiger partial charge in [-0.25, -0.2) is 0 Å². The van der Waals surface area contributed by atoms with Crippen LogP contribution in [0.3, 0.4) is 0 Å². The van der Waals surface area contributed by atoms with Crippen molar-refractivity contribution < 1.29 is 0 Å². The standard InChI is InChI=1S/C13H13N/c1-14(2)8-7-11-9-12-5-3-4-6-13(12)10-11/h3-6,9H,10H2,1-2H3. The maximum Gasteiger partial charge on any atom is 0.0144 e. The Morgan fingerprint density at radius 2 is 2.00 bits per heavy atom. The first-order valence-corrected chi connectivity index (χ1v) is 4.73. The lowest BCUT2D eigenvalue weighted by atomic mass is 10.1. The van der Waals surface area contributed by atoms with Crippen molar-refractivity contribution in [1.29, 1.82) is 0 Å². The lowest BCUT2D eigenvalue weighted by Gasteiger charge is -1.97. The van der Waals surface area contributed by atoms with E-state index in [9.17, 15) is 0 Å². The van der Waals surface area contributed by atoms with Crippen LogP contribution in [0.2, 0.25) is 0 Å². The van der Waals surface area contributed by atoms with E-state index in [1.165, 1.54) is 16.7 Å². The van der Waals surface area contributed by atoms with Crippen LogP contribution < -0.4 is 0 Å². The number of hydrogen-bond donors (Lipinski definition) is 0. The second-order valence-corrected chi connectivity index (χ2v) is 3.68. The Morgan fingerprint density at radius 1 is 1.21 bits per heavy atom. The van der Waals surface area contributed by atoms with Gasteiger partial charge in [-0.3, -0.25) is 0 Å². The molecule has 0 bridgehead atoms. The van der Waals surface area contributed by atoms with E-state index in [1.54, 1.807) is 0 Å². The average molecular weight is 183 g/mol. The van der Waals surface area contributed by atoms with Crippen LogP contribution in [-0.4, -0.2) is 19.0 Å². The zero-order chi connectivity index (χ0) is 9.97. The minimum absolute atomic E-state index is 0.983. The summed E-state index contributed by atoms with van der Waals surface area (Å²) in [5, 5.41) is 0. The Hall–Kier alpha value is -1.68. The van der Waals surface area contributed by atoms with Crippen molar-refractivity contribution >= 4 is 6.08 Å². The lowest BCUT2D eigenvalue weighted by Crippen LogP contribution is -2.01. The molecule has 0 atom stereocenters. The molecule has 0 saturated carbocycles. The van der Waals surface area contributed by atoms with E-state index in [1.807, 2.05) is 19.0 Å². The third-order valence-corrected chi connectivity index (χ3v) is 2.21. The van der Waals surface area contributed by atoms with E-state index in [0.717, 1.165) is 6.42 Å². The molecule has 2 rings (SSSR count). The second-order valence-electron chi connectivity index (χ2n) is 3.68. The summed E-state index contributed by atoms with van der Waals surface area (Å²) in [5.41, 5.74) is 3.91. The van der Waals surface area contributed by atoms with E-state index >= 15 is 0 Å². The minimum Gasteiger partial charge on any atom is -0.338 e. The average Bonchev–Trinajstić information content (AvgIpc) is 2.57. The summed E-state index contributed by atoms with van der Waals surface area (Å²) in [4.78, 5) is 1.88. The fourth-order valence-electron chi connectivity index (χ4n) is 1.54. The molecule has 1 heteroatoms. The van der Waals surface area contributed by atoms with Gasteiger partial charge in [0, 0.05) is 32.1 Å². The van der Waals surface area contributed by atoms with Crippen molar-refractivity contribution in [3.63, 3.8) is 0 Å². The number of rotatable bonds is 0. The molecule has 1 nitrogen and oxygen atoms in total. The third-order valence-electron chi connectivity index (χ3n) is 2.21. The Bertz CT molecular complexity index is 430. The summed E-state index contributed by atoms with van der Waals surface area (Å²) in [7, 11) is 3.91. The van der Waals surface area contributed by atoms with Crippen molar-refractivity contribution in [2.45, 2.75) is 6.42 Å². The van der Waals surface area contributed by atoms with Gasteiger partial charge in [-0.1, -0.05) is 24.3 Å². The highest BCUT2D eigenvalue weighted by Gasteiger charge is 2.09. The first-order chi connectivity index (χ1) is 6.75. The molecular weight excluding hydrogens is 170 g/mol. The molecule has 0 heterocycles. The smallest absolute Gasteiger partial charge is 0.0144 e. The molecule has 0 aromatic heterocycles. The zero-order valence-electron chi connectivity index (χ0n) is 8.54. The van der Waals surface area contributed by atoms with Crippen LogP contribution in [0.1, 0.15) is 11.1 Å². The van der Waals surface area contributed by atoms with Crippen LogP contribution in [-0.2, 0) is 6.42 Å². The largest absolute Gasteiger partial charge is 0.338 e. The van der Waals surface area contributed by atoms with Crippen LogP contribution in [0.15, 0.2) is 29.8 Å². The van der Waals surface area contributed by atoms with Crippen molar-refractivity contribution in [3.8, 4) is 12.0 Å². The molecule has 1 aromatic carbocycles. The highest BCUT2D eigenvalue weighted by atomic mass is 15.0. The van der Waals surface area contributed by atoms with Crippen LogP contribution >= 0.6 is 0 Å². The van der Waals surface area contributed by atoms with Gasteiger partial charge in [0.15, 0.2) is 0 Å². The highest BCUT2D eigenvalue weighted by Crippen LogP contribution is 2.23. The number of allylic oxidation sites excluding steroid dienone is 1. The Labute approximate surface area is 85.0 Å². The number of benzene rings is 1. The van der Waals surface area contributed by atoms with Gasteiger partial charge in [-0.15, -0.1) is 0 Å². The lowest BCUT2D eigenvalue weighted by molar-refractivity contribution is 0.597. The van der Waals surface area contributed by atoms with E-state index < -0.39 is 0 Å². The quantitative estimate of drug-likeness (QED) is 0.440. The van der Waals surface area contributed by atoms with E-state index in [-0.39, 0.29) is 0 Å². The molecular formula is C13H13N. The molecule has 0 unspecified atom stereocenters. The fraction of sp³-hybridized carbons (Fsp3) is 0.231. The Morgan fingerprint density at radius 3 is 2.71 bits per heavy atom. The predicted octanol–water partition coefficient (Wildman–Crippen LogP) is 2.15. The predicted molar refractivity (Wildman–Crippen MR) is 59.6 cm³/mol. The fourth-order valence-corrected chi connectivity index (χ4v) is 1.54. The summed E-state index contributed by atoms with van der Waals surface area (Å²) < 4.78 is 0. The van der Waals surface area contributed by atoms with Gasteiger partial charge < -0.3 is 4.90 Å². The third kappa shape index (κ3) is 1.80. The molecule has 0 saturated heterocycles. The van der Waals surface area contributed by atoms with Crippen LogP contribution in [0.4, 0.5) is 0 Å². The molecule has 0 amide bonds. The normalized spacial score (nSPS) is 12.6. The van der Waals surface area contributed by atoms with Gasteiger partial charge in [-0.05, 0) is 23.1 Å². The molecule has 70 valence electrons. The first kappa shape index (κ1) is 8.90. The summed E-state index contributed by atoms with van der Waals surface area (Å²) in [5.74, 6) is 3.16. The molecule has 1 aromatic rings. The van der Waals surface area contributed by atoms with Crippen LogP contribution in [0.25, 0.3) is 6.08 Å². The van der Waals surface area contributed by atoms with Crippen LogP contribution in [0.5, 0.6) is 0 Å². The number of fused-ring (bicyclic) bond motifs is 1. The molecule has 0 fully saturated rings. The Kier molecular flexibility index (Phi) is 2.28. The van der Waals surface area contributed by atoms with Gasteiger partial charge in [0.1, 0.15) is 0 Å². The van der Waals surface area contributed by atoms with Crippen molar-refractivity contribution in [2.24, 2.45) is 0 Å². The molecule has 1 aliphatic rings. The van der Waals surface area contributed by atoms with Gasteiger partial charge in [-0.2, -0.15) is 0 Å². The van der Waals surface area contributed by atoms with Crippen molar-refractivity contribution in [1.82, 2.24) is 4.90 Å². The van der Waals surface area contributed by atoms with Crippen LogP contribution in [0, 0.1) is 12.0 Å². The maximum absolute atomic E-state index is 3.16. The second kappa shape index (κ2) is 3.59. The molecule has 0 aliphatic heterocycles. The van der Waals surface area contributed by atoms with Gasteiger partial charge in [0.2, 0.25) is 0 Å². The van der Waals surface area contributed by atoms with E-state index in [0.29, 0.717) is 0 Å². The maximum atomic E-state index is 3.16. The minimum atomic E-state index is 0.983. The Balaban J connectivity index is 2.21. The van der Waals surface area contributed by atoms with Crippen molar-refractivity contribution in [3.05, 3.63) is 41.0 Å². The summed E-state index contributed by atoms with van der Waals surface area (Å²) in [6.45, 7) is 0.